The maximum atomic E-state index is 11.5. The quantitative estimate of drug-likeness (QED) is 0.744. The van der Waals surface area contributed by atoms with Crippen LogP contribution in [-0.4, -0.2) is 47.4 Å². The van der Waals surface area contributed by atoms with Gasteiger partial charge in [-0.1, -0.05) is 0 Å². The Kier molecular flexibility index (Phi) is 4.36. The number of methoxy groups -OCH3 is 1. The first-order valence-corrected chi connectivity index (χ1v) is 6.47. The van der Waals surface area contributed by atoms with Gasteiger partial charge in [0.15, 0.2) is 0 Å². The largest absolute Gasteiger partial charge is 0.469 e. The molecular weight excluding hydrogens is 230 g/mol. The van der Waals surface area contributed by atoms with Crippen LogP contribution in [0.4, 0.5) is 0 Å². The lowest BCUT2D eigenvalue weighted by Crippen LogP contribution is -2.40. The summed E-state index contributed by atoms with van der Waals surface area (Å²) in [5.74, 6) is -0.0180. The van der Waals surface area contributed by atoms with E-state index >= 15 is 0 Å². The summed E-state index contributed by atoms with van der Waals surface area (Å²) in [4.78, 5) is 13.9. The molecule has 0 amide bonds. The third-order valence-electron chi connectivity index (χ3n) is 3.65. The van der Waals surface area contributed by atoms with Crippen LogP contribution in [0.2, 0.25) is 0 Å². The molecule has 1 aliphatic heterocycles. The van der Waals surface area contributed by atoms with E-state index in [1.165, 1.54) is 12.8 Å². The van der Waals surface area contributed by atoms with Crippen LogP contribution >= 0.6 is 0 Å². The summed E-state index contributed by atoms with van der Waals surface area (Å²) < 4.78 is 6.73. The molecule has 1 fully saturated rings. The lowest BCUT2D eigenvalue weighted by molar-refractivity contribution is -0.147. The lowest BCUT2D eigenvalue weighted by Gasteiger charge is -2.31. The number of ether oxygens (including phenoxy) is 1. The van der Waals surface area contributed by atoms with Gasteiger partial charge in [0.2, 0.25) is 0 Å². The summed E-state index contributed by atoms with van der Waals surface area (Å²) in [7, 11) is 3.43. The fourth-order valence-corrected chi connectivity index (χ4v) is 2.54. The maximum absolute atomic E-state index is 11.5. The normalized spacial score (nSPS) is 20.9. The first-order valence-electron chi connectivity index (χ1n) is 6.47. The number of carbonyl (C=O) groups excluding carboxylic acids is 1. The Balaban J connectivity index is 1.83. The van der Waals surface area contributed by atoms with Crippen molar-refractivity contribution in [3.63, 3.8) is 0 Å². The predicted octanol–water partition coefficient (Wildman–Crippen LogP) is 0.848. The second-order valence-electron chi connectivity index (χ2n) is 4.86. The van der Waals surface area contributed by atoms with Crippen LogP contribution in [0.3, 0.4) is 0 Å². The number of esters is 1. The predicted molar refractivity (Wildman–Crippen MR) is 68.1 cm³/mol. The molecule has 18 heavy (non-hydrogen) atoms. The van der Waals surface area contributed by atoms with Crippen molar-refractivity contribution in [1.29, 1.82) is 0 Å². The average Bonchev–Trinajstić information content (AvgIpc) is 2.81. The van der Waals surface area contributed by atoms with Crippen LogP contribution in [0.5, 0.6) is 0 Å². The third kappa shape index (κ3) is 3.10. The Labute approximate surface area is 108 Å². The van der Waals surface area contributed by atoms with Crippen molar-refractivity contribution >= 4 is 5.97 Å². The number of piperidine rings is 1. The van der Waals surface area contributed by atoms with Gasteiger partial charge in [0.05, 0.1) is 13.0 Å². The highest BCUT2D eigenvalue weighted by molar-refractivity contribution is 5.72. The van der Waals surface area contributed by atoms with Crippen LogP contribution in [0, 0.1) is 5.92 Å². The molecule has 2 heterocycles. The van der Waals surface area contributed by atoms with E-state index in [2.05, 4.69) is 10.00 Å². The molecule has 5 nitrogen and oxygen atoms in total. The molecule has 0 unspecified atom stereocenters. The molecule has 1 atom stereocenters. The number of rotatable bonds is 4. The van der Waals surface area contributed by atoms with Crippen molar-refractivity contribution in [2.75, 3.05) is 26.7 Å². The molecule has 0 saturated carbocycles. The molecule has 1 saturated heterocycles. The fraction of sp³-hybridized carbons (Fsp3) is 0.692. The summed E-state index contributed by atoms with van der Waals surface area (Å²) in [6, 6.07) is 2.04. The maximum Gasteiger partial charge on any atom is 0.309 e. The molecule has 5 heteroatoms. The van der Waals surface area contributed by atoms with E-state index in [0.717, 1.165) is 38.9 Å². The van der Waals surface area contributed by atoms with Gasteiger partial charge in [-0.05, 0) is 25.5 Å². The zero-order valence-electron chi connectivity index (χ0n) is 11.1. The van der Waals surface area contributed by atoms with Crippen molar-refractivity contribution in [1.82, 2.24) is 14.7 Å². The topological polar surface area (TPSA) is 47.4 Å². The molecule has 1 aromatic heterocycles. The molecule has 0 N–H and O–H groups in total. The number of aryl methyl sites for hydroxylation is 1. The van der Waals surface area contributed by atoms with Gasteiger partial charge in [0, 0.05) is 38.4 Å². The average molecular weight is 251 g/mol. The summed E-state index contributed by atoms with van der Waals surface area (Å²) in [6.07, 6.45) is 4.83. The van der Waals surface area contributed by atoms with E-state index in [0.29, 0.717) is 0 Å². The van der Waals surface area contributed by atoms with Gasteiger partial charge in [-0.25, -0.2) is 0 Å². The first-order chi connectivity index (χ1) is 8.70. The van der Waals surface area contributed by atoms with E-state index in [4.69, 9.17) is 4.74 Å². The number of carbonyl (C=O) groups is 1. The van der Waals surface area contributed by atoms with Gasteiger partial charge in [0.25, 0.3) is 0 Å². The van der Waals surface area contributed by atoms with Crippen LogP contribution < -0.4 is 0 Å². The number of likely N-dealkylation sites (tertiary alicyclic amines) is 1. The molecule has 1 aromatic rings. The van der Waals surface area contributed by atoms with Crippen LogP contribution in [0.15, 0.2) is 12.3 Å². The Morgan fingerprint density at radius 3 is 3.11 bits per heavy atom. The Hall–Kier alpha value is -1.36. The second-order valence-corrected chi connectivity index (χ2v) is 4.86. The van der Waals surface area contributed by atoms with Crippen molar-refractivity contribution < 1.29 is 9.53 Å². The minimum absolute atomic E-state index is 0.0512. The van der Waals surface area contributed by atoms with Gasteiger partial charge in [-0.15, -0.1) is 0 Å². The Morgan fingerprint density at radius 2 is 2.44 bits per heavy atom. The van der Waals surface area contributed by atoms with Crippen LogP contribution in [-0.2, 0) is 23.0 Å². The van der Waals surface area contributed by atoms with E-state index < -0.39 is 0 Å². The molecule has 0 bridgehead atoms. The van der Waals surface area contributed by atoms with E-state index in [9.17, 15) is 4.79 Å². The highest BCUT2D eigenvalue weighted by atomic mass is 16.5. The second kappa shape index (κ2) is 6.00. The number of aromatic nitrogens is 2. The zero-order valence-corrected chi connectivity index (χ0v) is 11.1. The first kappa shape index (κ1) is 13.1. The van der Waals surface area contributed by atoms with Crippen molar-refractivity contribution in [2.45, 2.75) is 19.3 Å². The molecule has 1 aliphatic rings. The van der Waals surface area contributed by atoms with Crippen molar-refractivity contribution in [3.05, 3.63) is 18.0 Å². The summed E-state index contributed by atoms with van der Waals surface area (Å²) in [6.45, 7) is 2.88. The Bertz CT molecular complexity index is 403. The molecular formula is C13H21N3O2. The fourth-order valence-electron chi connectivity index (χ4n) is 2.54. The molecule has 0 aromatic carbocycles. The summed E-state index contributed by atoms with van der Waals surface area (Å²) in [5.41, 5.74) is 1.23. The molecule has 2 rings (SSSR count). The highest BCUT2D eigenvalue weighted by Gasteiger charge is 2.26. The number of hydrogen-bond acceptors (Lipinski definition) is 4. The highest BCUT2D eigenvalue weighted by Crippen LogP contribution is 2.17. The molecule has 100 valence electrons. The lowest BCUT2D eigenvalue weighted by atomic mass is 9.98. The van der Waals surface area contributed by atoms with E-state index in [1.807, 2.05) is 24.0 Å². The van der Waals surface area contributed by atoms with Crippen molar-refractivity contribution in [3.8, 4) is 0 Å². The van der Waals surface area contributed by atoms with Crippen molar-refractivity contribution in [2.24, 2.45) is 13.0 Å². The number of hydrogen-bond donors (Lipinski definition) is 0. The minimum atomic E-state index is -0.0692. The van der Waals surface area contributed by atoms with Crippen LogP contribution in [0.25, 0.3) is 0 Å². The van der Waals surface area contributed by atoms with Gasteiger partial charge in [-0.3, -0.25) is 9.48 Å². The molecule has 0 radical (unpaired) electrons. The van der Waals surface area contributed by atoms with Gasteiger partial charge >= 0.3 is 5.97 Å². The van der Waals surface area contributed by atoms with Crippen LogP contribution in [0.1, 0.15) is 18.5 Å². The third-order valence-corrected chi connectivity index (χ3v) is 3.65. The zero-order chi connectivity index (χ0) is 13.0. The van der Waals surface area contributed by atoms with Gasteiger partial charge in [0.1, 0.15) is 0 Å². The van der Waals surface area contributed by atoms with E-state index in [-0.39, 0.29) is 11.9 Å². The standard InChI is InChI=1S/C13H21N3O2/c1-15-12(5-7-14-15)6-9-16-8-3-4-11(10-16)13(17)18-2/h5,7,11H,3-4,6,8-10H2,1-2H3/t11-/m0/s1. The molecule has 0 aliphatic carbocycles. The summed E-state index contributed by atoms with van der Waals surface area (Å²) >= 11 is 0. The minimum Gasteiger partial charge on any atom is -0.469 e. The van der Waals surface area contributed by atoms with Gasteiger partial charge in [-0.2, -0.15) is 5.10 Å². The van der Waals surface area contributed by atoms with E-state index in [1.54, 1.807) is 0 Å². The SMILES string of the molecule is COC(=O)[C@H]1CCCN(CCc2ccnn2C)C1. The smallest absolute Gasteiger partial charge is 0.309 e. The Morgan fingerprint density at radius 1 is 1.61 bits per heavy atom. The number of nitrogens with zero attached hydrogens (tertiary/aromatic N) is 3. The molecule has 0 spiro atoms. The summed E-state index contributed by atoms with van der Waals surface area (Å²) in [5, 5.41) is 4.16. The monoisotopic (exact) mass is 251 g/mol. The van der Waals surface area contributed by atoms with Gasteiger partial charge < -0.3 is 9.64 Å².